The fourth-order valence-corrected chi connectivity index (χ4v) is 6.29. The molecule has 192 valence electrons. The molecule has 0 spiro atoms. The number of piperidine rings is 1. The third-order valence-electron chi connectivity index (χ3n) is 8.45. The minimum absolute atomic E-state index is 0.258. The molecule has 3 aliphatic heterocycles. The molecule has 0 bridgehead atoms. The molecule has 3 fully saturated rings. The third-order valence-corrected chi connectivity index (χ3v) is 8.45. The molecule has 6 rings (SSSR count). The number of fused-ring (bicyclic) bond motifs is 2. The largest absolute Gasteiger partial charge is 0.477 e. The van der Waals surface area contributed by atoms with E-state index in [1.54, 1.807) is 6.07 Å². The molecule has 3 saturated heterocycles. The first-order chi connectivity index (χ1) is 17.5. The highest BCUT2D eigenvalue weighted by Gasteiger charge is 2.34. The molecule has 3 aromatic rings. The minimum atomic E-state index is -0.258. The Morgan fingerprint density at radius 1 is 1.03 bits per heavy atom. The van der Waals surface area contributed by atoms with Crippen LogP contribution >= 0.6 is 0 Å². The Labute approximate surface area is 212 Å². The average Bonchev–Trinajstić information content (AvgIpc) is 3.45. The highest BCUT2D eigenvalue weighted by Crippen LogP contribution is 2.32. The molecule has 36 heavy (non-hydrogen) atoms. The molecule has 0 aliphatic carbocycles. The summed E-state index contributed by atoms with van der Waals surface area (Å²) < 4.78 is 25.4. The van der Waals surface area contributed by atoms with Gasteiger partial charge in [0.1, 0.15) is 5.82 Å². The van der Waals surface area contributed by atoms with Crippen LogP contribution in [-0.2, 0) is 6.54 Å². The van der Waals surface area contributed by atoms with Crippen LogP contribution in [0.2, 0.25) is 0 Å². The number of pyridine rings is 1. The summed E-state index contributed by atoms with van der Waals surface area (Å²) in [5.41, 5.74) is 1.73. The highest BCUT2D eigenvalue weighted by molar-refractivity contribution is 5.88. The molecule has 2 aromatic heterocycles. The summed E-state index contributed by atoms with van der Waals surface area (Å²) in [7, 11) is 0. The van der Waals surface area contributed by atoms with E-state index < -0.39 is 0 Å². The lowest BCUT2D eigenvalue weighted by atomic mass is 9.91. The lowest BCUT2D eigenvalue weighted by Crippen LogP contribution is -2.57. The summed E-state index contributed by atoms with van der Waals surface area (Å²) >= 11 is 0. The Morgan fingerprint density at radius 2 is 1.89 bits per heavy atom. The van der Waals surface area contributed by atoms with E-state index in [1.807, 2.05) is 6.07 Å². The van der Waals surface area contributed by atoms with Crippen LogP contribution in [0.3, 0.4) is 0 Å². The van der Waals surface area contributed by atoms with Crippen LogP contribution in [0.25, 0.3) is 11.0 Å². The summed E-state index contributed by atoms with van der Waals surface area (Å²) in [6.07, 6.45) is 4.78. The predicted octanol–water partition coefficient (Wildman–Crippen LogP) is 4.71. The van der Waals surface area contributed by atoms with Gasteiger partial charge < -0.3 is 14.2 Å². The van der Waals surface area contributed by atoms with Crippen molar-refractivity contribution in [2.24, 2.45) is 5.92 Å². The lowest BCUT2D eigenvalue weighted by Gasteiger charge is -2.46. The summed E-state index contributed by atoms with van der Waals surface area (Å²) in [6.45, 7) is 9.97. The second-order valence-corrected chi connectivity index (χ2v) is 10.9. The fraction of sp³-hybridized carbons (Fsp3) is 0.571. The average molecular weight is 494 g/mol. The number of halogens is 1. The molecule has 1 aromatic carbocycles. The number of ether oxygens (including phenoxy) is 1. The van der Waals surface area contributed by atoms with E-state index in [2.05, 4.69) is 45.8 Å². The summed E-state index contributed by atoms with van der Waals surface area (Å²) in [5.74, 6) is 1.74. The van der Waals surface area contributed by atoms with Gasteiger partial charge in [-0.1, -0.05) is 11.2 Å². The maximum absolute atomic E-state index is 13.8. The number of benzene rings is 1. The Morgan fingerprint density at radius 3 is 2.75 bits per heavy atom. The molecule has 7 nitrogen and oxygen atoms in total. The Hall–Kier alpha value is -2.71. The van der Waals surface area contributed by atoms with Gasteiger partial charge in [0.25, 0.3) is 0 Å². The topological polar surface area (TPSA) is 57.9 Å². The van der Waals surface area contributed by atoms with E-state index in [-0.39, 0.29) is 5.82 Å². The monoisotopic (exact) mass is 493 g/mol. The van der Waals surface area contributed by atoms with Crippen LogP contribution in [0.5, 0.6) is 5.88 Å². The van der Waals surface area contributed by atoms with Crippen molar-refractivity contribution < 1.29 is 13.7 Å². The molecule has 0 saturated carbocycles. The first-order valence-electron chi connectivity index (χ1n) is 13.4. The fourth-order valence-electron chi connectivity index (χ4n) is 6.29. The second kappa shape index (κ2) is 9.98. The van der Waals surface area contributed by atoms with Crippen molar-refractivity contribution in [2.75, 3.05) is 37.7 Å². The van der Waals surface area contributed by atoms with Gasteiger partial charge in [0.05, 0.1) is 17.7 Å². The van der Waals surface area contributed by atoms with Crippen LogP contribution in [0.4, 0.5) is 10.2 Å². The Bertz CT molecular complexity index is 1190. The number of likely N-dealkylation sites (tertiary alicyclic amines) is 1. The van der Waals surface area contributed by atoms with Crippen LogP contribution in [0.15, 0.2) is 40.9 Å². The molecule has 5 heterocycles. The summed E-state index contributed by atoms with van der Waals surface area (Å²) in [4.78, 5) is 12.2. The van der Waals surface area contributed by atoms with Gasteiger partial charge >= 0.3 is 0 Å². The van der Waals surface area contributed by atoms with E-state index in [1.165, 1.54) is 25.0 Å². The van der Waals surface area contributed by atoms with Crippen molar-refractivity contribution >= 4 is 16.8 Å². The van der Waals surface area contributed by atoms with Crippen molar-refractivity contribution in [3.8, 4) is 5.88 Å². The molecule has 0 radical (unpaired) electrons. The number of aromatic nitrogens is 2. The maximum atomic E-state index is 13.8. The molecule has 0 N–H and O–H groups in total. The number of hydrogen-bond donors (Lipinski definition) is 0. The van der Waals surface area contributed by atoms with Crippen LogP contribution in [0, 0.1) is 11.7 Å². The van der Waals surface area contributed by atoms with E-state index in [0.29, 0.717) is 36.2 Å². The van der Waals surface area contributed by atoms with E-state index in [0.717, 1.165) is 68.3 Å². The number of nitrogens with zero attached hydrogens (tertiary/aromatic N) is 5. The van der Waals surface area contributed by atoms with Crippen molar-refractivity contribution in [2.45, 2.75) is 64.2 Å². The van der Waals surface area contributed by atoms with Crippen molar-refractivity contribution in [3.05, 3.63) is 47.9 Å². The normalized spacial score (nSPS) is 27.5. The van der Waals surface area contributed by atoms with Crippen LogP contribution < -0.4 is 9.64 Å². The molecule has 3 aliphatic rings. The smallest absolute Gasteiger partial charge is 0.213 e. The van der Waals surface area contributed by atoms with Gasteiger partial charge in [-0.15, -0.1) is 0 Å². The van der Waals surface area contributed by atoms with E-state index >= 15 is 0 Å². The Balaban J connectivity index is 1.02. The number of piperazine rings is 1. The van der Waals surface area contributed by atoms with Gasteiger partial charge in [0.2, 0.25) is 5.88 Å². The van der Waals surface area contributed by atoms with Gasteiger partial charge in [0.15, 0.2) is 11.4 Å². The SMILES string of the molecule is C[C@H]1CC[C@H](C)N1Cc1cccc(OC[C@@H]2CC[C@H]3CN(c4noc5ccc(F)cc45)CCN3C2)n1. The van der Waals surface area contributed by atoms with Gasteiger partial charge in [-0.3, -0.25) is 9.80 Å². The van der Waals surface area contributed by atoms with E-state index in [4.69, 9.17) is 14.2 Å². The second-order valence-electron chi connectivity index (χ2n) is 10.9. The molecular formula is C28H36FN5O2. The van der Waals surface area contributed by atoms with Gasteiger partial charge in [-0.25, -0.2) is 9.37 Å². The Kier molecular flexibility index (Phi) is 6.56. The van der Waals surface area contributed by atoms with Gasteiger partial charge in [-0.2, -0.15) is 0 Å². The molecule has 4 atom stereocenters. The zero-order valence-corrected chi connectivity index (χ0v) is 21.3. The zero-order chi connectivity index (χ0) is 24.6. The number of hydrogen-bond acceptors (Lipinski definition) is 7. The first kappa shape index (κ1) is 23.7. The zero-order valence-electron chi connectivity index (χ0n) is 21.3. The van der Waals surface area contributed by atoms with Crippen LogP contribution in [0.1, 0.15) is 45.2 Å². The van der Waals surface area contributed by atoms with Crippen LogP contribution in [-0.4, -0.2) is 70.9 Å². The third kappa shape index (κ3) is 4.81. The molecule has 0 amide bonds. The quantitative estimate of drug-likeness (QED) is 0.493. The molecular weight excluding hydrogens is 457 g/mol. The lowest BCUT2D eigenvalue weighted by molar-refractivity contribution is 0.0715. The first-order valence-corrected chi connectivity index (χ1v) is 13.4. The van der Waals surface area contributed by atoms with Crippen molar-refractivity contribution in [1.82, 2.24) is 19.9 Å². The number of anilines is 1. The highest BCUT2D eigenvalue weighted by atomic mass is 19.1. The van der Waals surface area contributed by atoms with Gasteiger partial charge in [-0.05, 0) is 63.8 Å². The standard InChI is InChI=1S/C28H36FN5O2/c1-19-6-7-20(2)34(19)16-23-4-3-5-27(30-23)35-18-21-8-10-24-17-33(13-12-32(24)15-21)28-25-14-22(29)9-11-26(25)36-31-28/h3-5,9,11,14,19-21,24H,6-8,10,12-13,15-18H2,1-2H3/t19-,20-,21+,24-/m0/s1. The maximum Gasteiger partial charge on any atom is 0.213 e. The molecule has 0 unspecified atom stereocenters. The van der Waals surface area contributed by atoms with Crippen molar-refractivity contribution in [3.63, 3.8) is 0 Å². The summed E-state index contributed by atoms with van der Waals surface area (Å²) in [5, 5.41) is 5.02. The van der Waals surface area contributed by atoms with E-state index in [9.17, 15) is 4.39 Å². The predicted molar refractivity (Wildman–Crippen MR) is 138 cm³/mol. The molecule has 8 heteroatoms. The minimum Gasteiger partial charge on any atom is -0.477 e. The van der Waals surface area contributed by atoms with Crippen molar-refractivity contribution in [1.29, 1.82) is 0 Å². The summed E-state index contributed by atoms with van der Waals surface area (Å²) in [6, 6.07) is 12.5. The number of rotatable bonds is 6. The van der Waals surface area contributed by atoms with Gasteiger partial charge in [0, 0.05) is 62.8 Å².